The molecule has 0 fully saturated rings. The van der Waals surface area contributed by atoms with Gasteiger partial charge in [0.05, 0.1) is 0 Å². The molecule has 6 heteroatoms. The zero-order valence-corrected chi connectivity index (χ0v) is 14.3. The van der Waals surface area contributed by atoms with Gasteiger partial charge >= 0.3 is 33.9 Å². The van der Waals surface area contributed by atoms with Crippen LogP contribution in [0.25, 0.3) is 0 Å². The van der Waals surface area contributed by atoms with Crippen LogP contribution in [0.3, 0.4) is 0 Å². The van der Waals surface area contributed by atoms with Crippen molar-refractivity contribution in [2.45, 2.75) is 39.8 Å². The predicted octanol–water partition coefficient (Wildman–Crippen LogP) is 2.83. The second-order valence-corrected chi connectivity index (χ2v) is 4.27. The first kappa shape index (κ1) is 28.6. The number of hydrogen-bond acceptors (Lipinski definition) is 1. The molecule has 0 atom stereocenters. The number of nitrogens with zero attached hydrogens (tertiary/aromatic N) is 1. The van der Waals surface area contributed by atoms with Crippen LogP contribution >= 0.6 is 0 Å². The van der Waals surface area contributed by atoms with Crippen molar-refractivity contribution in [2.75, 3.05) is 0 Å². The van der Waals surface area contributed by atoms with Crippen molar-refractivity contribution >= 4 is 5.91 Å². The van der Waals surface area contributed by atoms with Gasteiger partial charge in [-0.25, -0.2) is 0 Å². The minimum absolute atomic E-state index is 0. The third kappa shape index (κ3) is 11.1. The Balaban J connectivity index is -0.000000206. The summed E-state index contributed by atoms with van der Waals surface area (Å²) in [5.41, 5.74) is 0.764. The van der Waals surface area contributed by atoms with E-state index in [9.17, 15) is 4.79 Å². The van der Waals surface area contributed by atoms with E-state index in [1.54, 1.807) is 0 Å². The van der Waals surface area contributed by atoms with E-state index in [1.165, 1.54) is 0 Å². The quantitative estimate of drug-likeness (QED) is 0.615. The van der Waals surface area contributed by atoms with Crippen LogP contribution in [0.15, 0.2) is 30.3 Å². The molecule has 0 saturated carbocycles. The number of rotatable bonds is 3. The number of amides is 1. The van der Waals surface area contributed by atoms with Crippen LogP contribution in [-0.4, -0.2) is 22.9 Å². The molecule has 5 nitrogen and oxygen atoms in total. The summed E-state index contributed by atoms with van der Waals surface area (Å²) in [7, 11) is 0. The van der Waals surface area contributed by atoms with Gasteiger partial charge in [-0.3, -0.25) is 4.79 Å². The molecule has 22 heavy (non-hydrogen) atoms. The Morgan fingerprint density at radius 2 is 1.18 bits per heavy atom. The fraction of sp³-hybridized carbons (Fsp3) is 0.375. The Kier molecular flexibility index (Phi) is 25.3. The van der Waals surface area contributed by atoms with E-state index in [4.69, 9.17) is 14.0 Å². The minimum Gasteiger partial charge on any atom is 0 e. The molecule has 0 radical (unpaired) electrons. The number of hydrogen-bond donors (Lipinski definition) is 0. The van der Waals surface area contributed by atoms with Gasteiger partial charge in [0.2, 0.25) is 0 Å². The first-order chi connectivity index (χ1) is 10.0. The Morgan fingerprint density at radius 1 is 0.864 bits per heavy atom. The van der Waals surface area contributed by atoms with Gasteiger partial charge in [0.25, 0.3) is 5.91 Å². The molecule has 0 bridgehead atoms. The van der Waals surface area contributed by atoms with Crippen LogP contribution in [0.5, 0.6) is 0 Å². The molecule has 0 heterocycles. The van der Waals surface area contributed by atoms with E-state index in [1.807, 2.05) is 62.9 Å². The van der Waals surface area contributed by atoms with Crippen molar-refractivity contribution in [1.82, 2.24) is 4.90 Å². The smallest absolute Gasteiger partial charge is 0 e. The van der Waals surface area contributed by atoms with Gasteiger partial charge < -0.3 is 4.90 Å². The van der Waals surface area contributed by atoms with Crippen molar-refractivity contribution in [1.29, 1.82) is 0 Å². The molecule has 1 aromatic rings. The van der Waals surface area contributed by atoms with Crippen LogP contribution in [0.2, 0.25) is 0 Å². The van der Waals surface area contributed by atoms with Gasteiger partial charge in [0, 0.05) is 35.0 Å². The molecule has 0 unspecified atom stereocenters. The van der Waals surface area contributed by atoms with Gasteiger partial charge in [0.15, 0.2) is 0 Å². The maximum absolute atomic E-state index is 12.2. The Labute approximate surface area is 143 Å². The summed E-state index contributed by atoms with van der Waals surface area (Å²) in [5, 5.41) is 0. The number of benzene rings is 1. The Bertz CT molecular complexity index is 416. The molecule has 0 spiro atoms. The molecular formula is C16H19CrNO4. The van der Waals surface area contributed by atoms with Crippen molar-refractivity contribution in [3.63, 3.8) is 0 Å². The van der Waals surface area contributed by atoms with Crippen molar-refractivity contribution in [3.05, 3.63) is 55.8 Å². The zero-order chi connectivity index (χ0) is 17.4. The first-order valence-corrected chi connectivity index (χ1v) is 6.03. The fourth-order valence-corrected chi connectivity index (χ4v) is 1.80. The maximum atomic E-state index is 12.2. The summed E-state index contributed by atoms with van der Waals surface area (Å²) in [6.45, 7) is 21.7. The standard InChI is InChI=1S/C13H19NO.3CO.Cr/c1-10(2)14(11(3)4)13(15)12-8-6-5-7-9-12;3*1-2;/h5-11H,1-4H3;;;;. The van der Waals surface area contributed by atoms with E-state index < -0.39 is 0 Å². The summed E-state index contributed by atoms with van der Waals surface area (Å²) < 4.78 is 22.5. The van der Waals surface area contributed by atoms with E-state index in [0.717, 1.165) is 5.56 Å². The fourth-order valence-electron chi connectivity index (χ4n) is 1.80. The SMILES string of the molecule is CC(C)N(C(=O)c1ccccc1)C(C)C.[C-]#[O+].[C-]#[O+].[C-]#[O+].[Cr]. The molecule has 118 valence electrons. The van der Waals surface area contributed by atoms with Crippen LogP contribution in [0.4, 0.5) is 0 Å². The molecule has 1 rings (SSSR count). The summed E-state index contributed by atoms with van der Waals surface area (Å²) in [6, 6.07) is 9.90. The van der Waals surface area contributed by atoms with Crippen molar-refractivity contribution in [3.8, 4) is 0 Å². The van der Waals surface area contributed by atoms with Gasteiger partial charge in [-0.15, -0.1) is 0 Å². The normalized spacial score (nSPS) is 7.64. The average Bonchev–Trinajstić information content (AvgIpc) is 2.53. The molecule has 1 amide bonds. The van der Waals surface area contributed by atoms with E-state index in [2.05, 4.69) is 20.0 Å². The molecule has 0 aliphatic carbocycles. The largest absolute Gasteiger partial charge is 0 e. The zero-order valence-electron chi connectivity index (χ0n) is 13.0. The Morgan fingerprint density at radius 3 is 1.45 bits per heavy atom. The second kappa shape index (κ2) is 19.4. The maximum Gasteiger partial charge on any atom is 0 e. The van der Waals surface area contributed by atoms with Crippen LogP contribution < -0.4 is 0 Å². The van der Waals surface area contributed by atoms with Gasteiger partial charge in [-0.2, -0.15) is 0 Å². The molecule has 0 aliphatic heterocycles. The summed E-state index contributed by atoms with van der Waals surface area (Å²) in [4.78, 5) is 14.1. The van der Waals surface area contributed by atoms with E-state index in [-0.39, 0.29) is 35.4 Å². The molecule has 1 aromatic carbocycles. The Hall–Kier alpha value is -1.56. The molecular weight excluding hydrogens is 322 g/mol. The summed E-state index contributed by atoms with van der Waals surface area (Å²) in [6.07, 6.45) is 0. The van der Waals surface area contributed by atoms with E-state index in [0.29, 0.717) is 0 Å². The third-order valence-corrected chi connectivity index (χ3v) is 2.37. The van der Waals surface area contributed by atoms with Crippen molar-refractivity contribution in [2.24, 2.45) is 0 Å². The van der Waals surface area contributed by atoms with Crippen LogP contribution in [-0.2, 0) is 31.3 Å². The third-order valence-electron chi connectivity index (χ3n) is 2.37. The predicted molar refractivity (Wildman–Crippen MR) is 74.7 cm³/mol. The molecule has 0 saturated heterocycles. The van der Waals surface area contributed by atoms with Crippen LogP contribution in [0, 0.1) is 20.0 Å². The van der Waals surface area contributed by atoms with Gasteiger partial charge in [0.1, 0.15) is 0 Å². The van der Waals surface area contributed by atoms with Crippen molar-refractivity contribution < 1.29 is 36.1 Å². The monoisotopic (exact) mass is 341 g/mol. The first-order valence-electron chi connectivity index (χ1n) is 6.03. The molecule has 0 N–H and O–H groups in total. The topological polar surface area (TPSA) is 80.0 Å². The molecule has 0 aliphatic rings. The van der Waals surface area contributed by atoms with Gasteiger partial charge in [-0.05, 0) is 39.8 Å². The number of carbonyl (C=O) groups excluding carboxylic acids is 1. The minimum atomic E-state index is 0. The van der Waals surface area contributed by atoms with E-state index >= 15 is 0 Å². The summed E-state index contributed by atoms with van der Waals surface area (Å²) >= 11 is 0. The van der Waals surface area contributed by atoms with Gasteiger partial charge in [-0.1, -0.05) is 18.2 Å². The molecule has 0 aromatic heterocycles. The average molecular weight is 341 g/mol. The number of carbonyl (C=O) groups is 1. The summed E-state index contributed by atoms with van der Waals surface area (Å²) in [5.74, 6) is 0.112. The second-order valence-electron chi connectivity index (χ2n) is 4.27. The van der Waals surface area contributed by atoms with Crippen LogP contribution in [0.1, 0.15) is 38.1 Å².